The van der Waals surface area contributed by atoms with Crippen molar-refractivity contribution >= 4 is 11.4 Å². The SMILES string of the molecule is CC(C)(C)c1ccc(C(=O)CCCCCN2CCC(=C3c4ccccc4CCc4ccccc43)CC2)cc1. The number of unbranched alkanes of at least 4 members (excludes halogenated alkanes) is 2. The normalized spacial score (nSPS) is 16.1. The summed E-state index contributed by atoms with van der Waals surface area (Å²) >= 11 is 0. The highest BCUT2D eigenvalue weighted by molar-refractivity contribution is 5.96. The van der Waals surface area contributed by atoms with E-state index in [0.29, 0.717) is 6.42 Å². The van der Waals surface area contributed by atoms with Crippen molar-refractivity contribution < 1.29 is 4.79 Å². The maximum absolute atomic E-state index is 12.6. The van der Waals surface area contributed by atoms with E-state index >= 15 is 0 Å². The van der Waals surface area contributed by atoms with Crippen LogP contribution in [-0.4, -0.2) is 30.3 Å². The number of Topliss-reactive ketones (excluding diaryl/α,β-unsaturated/α-hetero) is 1. The molecule has 1 heterocycles. The number of rotatable bonds is 7. The van der Waals surface area contributed by atoms with Gasteiger partial charge in [-0.05, 0) is 83.9 Å². The maximum atomic E-state index is 12.6. The van der Waals surface area contributed by atoms with Crippen molar-refractivity contribution in [2.75, 3.05) is 19.6 Å². The summed E-state index contributed by atoms with van der Waals surface area (Å²) in [6.45, 7) is 10.0. The summed E-state index contributed by atoms with van der Waals surface area (Å²) in [4.78, 5) is 15.3. The monoisotopic (exact) mass is 505 g/mol. The minimum absolute atomic E-state index is 0.123. The highest BCUT2D eigenvalue weighted by Gasteiger charge is 2.23. The van der Waals surface area contributed by atoms with Gasteiger partial charge in [-0.1, -0.05) is 106 Å². The van der Waals surface area contributed by atoms with Crippen LogP contribution in [0.1, 0.15) is 97.5 Å². The number of ketones is 1. The second-order valence-corrected chi connectivity index (χ2v) is 12.2. The Hall–Kier alpha value is -2.97. The quantitative estimate of drug-likeness (QED) is 0.237. The van der Waals surface area contributed by atoms with Crippen molar-refractivity contribution in [3.63, 3.8) is 0 Å². The molecule has 1 fully saturated rings. The summed E-state index contributed by atoms with van der Waals surface area (Å²) < 4.78 is 0. The number of hydrogen-bond acceptors (Lipinski definition) is 2. The fourth-order valence-electron chi connectivity index (χ4n) is 6.15. The Balaban J connectivity index is 1.12. The molecule has 0 aromatic heterocycles. The molecule has 2 heteroatoms. The standard InChI is InChI=1S/C36H43NO/c1-36(2,3)31-20-18-29(19-21-31)34(38)15-5-4-10-24-37-25-22-30(23-26-37)35-32-13-8-6-11-27(32)16-17-28-12-7-9-14-33(28)35/h6-9,11-14,18-21H,4-5,10,15-17,22-26H2,1-3H3. The molecule has 1 aliphatic carbocycles. The summed E-state index contributed by atoms with van der Waals surface area (Å²) in [5.74, 6) is 0.281. The number of hydrogen-bond donors (Lipinski definition) is 0. The zero-order chi connectivity index (χ0) is 26.5. The van der Waals surface area contributed by atoms with Crippen LogP contribution in [0.5, 0.6) is 0 Å². The van der Waals surface area contributed by atoms with Gasteiger partial charge in [-0.15, -0.1) is 0 Å². The number of carbonyl (C=O) groups is 1. The van der Waals surface area contributed by atoms with Crippen LogP contribution in [0.25, 0.3) is 5.57 Å². The van der Waals surface area contributed by atoms with Crippen molar-refractivity contribution in [1.29, 1.82) is 0 Å². The first-order valence-corrected chi connectivity index (χ1v) is 14.6. The molecule has 3 aromatic rings. The van der Waals surface area contributed by atoms with Gasteiger partial charge in [0.05, 0.1) is 0 Å². The maximum Gasteiger partial charge on any atom is 0.162 e. The van der Waals surface area contributed by atoms with Crippen molar-refractivity contribution in [2.24, 2.45) is 0 Å². The van der Waals surface area contributed by atoms with E-state index in [2.05, 4.69) is 86.3 Å². The summed E-state index contributed by atoms with van der Waals surface area (Å²) in [6.07, 6.45) is 8.50. The molecule has 2 aliphatic rings. The van der Waals surface area contributed by atoms with Crippen LogP contribution in [0.4, 0.5) is 0 Å². The van der Waals surface area contributed by atoms with E-state index in [0.717, 1.165) is 63.7 Å². The largest absolute Gasteiger partial charge is 0.303 e. The molecule has 38 heavy (non-hydrogen) atoms. The fraction of sp³-hybridized carbons (Fsp3) is 0.417. The second-order valence-electron chi connectivity index (χ2n) is 12.2. The van der Waals surface area contributed by atoms with Crippen LogP contribution >= 0.6 is 0 Å². The zero-order valence-corrected chi connectivity index (χ0v) is 23.6. The second kappa shape index (κ2) is 11.8. The van der Waals surface area contributed by atoms with E-state index < -0.39 is 0 Å². The number of piperidine rings is 1. The Labute approximate surface area is 229 Å². The van der Waals surface area contributed by atoms with Crippen LogP contribution in [-0.2, 0) is 18.3 Å². The number of fused-ring (bicyclic) bond motifs is 2. The highest BCUT2D eigenvalue weighted by Crippen LogP contribution is 2.38. The van der Waals surface area contributed by atoms with E-state index in [4.69, 9.17) is 0 Å². The Morgan fingerprint density at radius 1 is 0.711 bits per heavy atom. The van der Waals surface area contributed by atoms with Gasteiger partial charge in [-0.25, -0.2) is 0 Å². The van der Waals surface area contributed by atoms with E-state index in [-0.39, 0.29) is 11.2 Å². The van der Waals surface area contributed by atoms with Gasteiger partial charge in [0.2, 0.25) is 0 Å². The molecule has 0 radical (unpaired) electrons. The summed E-state index contributed by atoms with van der Waals surface area (Å²) in [5, 5.41) is 0. The van der Waals surface area contributed by atoms with Crippen LogP contribution in [0.15, 0.2) is 78.4 Å². The molecule has 0 amide bonds. The first-order chi connectivity index (χ1) is 18.4. The molecular formula is C36H43NO. The number of nitrogens with zero attached hydrogens (tertiary/aromatic N) is 1. The van der Waals surface area contributed by atoms with E-state index in [1.807, 2.05) is 12.1 Å². The lowest BCUT2D eigenvalue weighted by Gasteiger charge is -2.30. The molecule has 1 aliphatic heterocycles. The third-order valence-corrected chi connectivity index (χ3v) is 8.50. The van der Waals surface area contributed by atoms with Crippen molar-refractivity contribution in [3.8, 4) is 0 Å². The lowest BCUT2D eigenvalue weighted by molar-refractivity contribution is 0.0978. The topological polar surface area (TPSA) is 20.3 Å². The van der Waals surface area contributed by atoms with Gasteiger partial charge < -0.3 is 4.90 Å². The van der Waals surface area contributed by atoms with Crippen LogP contribution < -0.4 is 0 Å². The first kappa shape index (κ1) is 26.6. The molecule has 0 saturated carbocycles. The number of likely N-dealkylation sites (tertiary alicyclic amines) is 1. The van der Waals surface area contributed by atoms with Gasteiger partial charge in [0, 0.05) is 25.1 Å². The molecule has 0 unspecified atom stereocenters. The Morgan fingerprint density at radius 3 is 1.87 bits per heavy atom. The van der Waals surface area contributed by atoms with Gasteiger partial charge in [0.15, 0.2) is 5.78 Å². The smallest absolute Gasteiger partial charge is 0.162 e. The Kier molecular flexibility index (Phi) is 8.29. The molecule has 3 aromatic carbocycles. The highest BCUT2D eigenvalue weighted by atomic mass is 16.1. The molecule has 0 atom stereocenters. The average molecular weight is 506 g/mol. The third-order valence-electron chi connectivity index (χ3n) is 8.50. The Bertz CT molecular complexity index is 1230. The molecular weight excluding hydrogens is 462 g/mol. The van der Waals surface area contributed by atoms with Crippen LogP contribution in [0.2, 0.25) is 0 Å². The van der Waals surface area contributed by atoms with E-state index in [1.165, 1.54) is 39.8 Å². The van der Waals surface area contributed by atoms with Crippen LogP contribution in [0.3, 0.4) is 0 Å². The van der Waals surface area contributed by atoms with Gasteiger partial charge in [0.25, 0.3) is 0 Å². The minimum Gasteiger partial charge on any atom is -0.303 e. The predicted molar refractivity (Wildman–Crippen MR) is 160 cm³/mol. The number of benzene rings is 3. The van der Waals surface area contributed by atoms with Crippen LogP contribution in [0, 0.1) is 0 Å². The molecule has 0 bridgehead atoms. The molecule has 0 spiro atoms. The molecule has 2 nitrogen and oxygen atoms in total. The lowest BCUT2D eigenvalue weighted by atomic mass is 9.86. The summed E-state index contributed by atoms with van der Waals surface area (Å²) in [6, 6.07) is 26.3. The molecule has 0 N–H and O–H groups in total. The zero-order valence-electron chi connectivity index (χ0n) is 23.6. The van der Waals surface area contributed by atoms with Gasteiger partial charge in [0.1, 0.15) is 0 Å². The predicted octanol–water partition coefficient (Wildman–Crippen LogP) is 8.42. The van der Waals surface area contributed by atoms with E-state index in [1.54, 1.807) is 5.57 Å². The fourth-order valence-corrected chi connectivity index (χ4v) is 6.15. The van der Waals surface area contributed by atoms with Gasteiger partial charge in [-0.2, -0.15) is 0 Å². The van der Waals surface area contributed by atoms with Crippen molar-refractivity contribution in [2.45, 2.75) is 77.6 Å². The third kappa shape index (κ3) is 6.18. The Morgan fingerprint density at radius 2 is 1.29 bits per heavy atom. The summed E-state index contributed by atoms with van der Waals surface area (Å²) in [7, 11) is 0. The molecule has 198 valence electrons. The first-order valence-electron chi connectivity index (χ1n) is 14.6. The van der Waals surface area contributed by atoms with Crippen molar-refractivity contribution in [1.82, 2.24) is 4.90 Å². The number of carbonyl (C=O) groups excluding carboxylic acids is 1. The average Bonchev–Trinajstić information content (AvgIpc) is 3.10. The molecule has 5 rings (SSSR count). The lowest BCUT2D eigenvalue weighted by Crippen LogP contribution is -2.32. The van der Waals surface area contributed by atoms with Crippen molar-refractivity contribution in [3.05, 3.63) is 112 Å². The number of aryl methyl sites for hydroxylation is 2. The van der Waals surface area contributed by atoms with E-state index in [9.17, 15) is 4.79 Å². The molecule has 1 saturated heterocycles. The van der Waals surface area contributed by atoms with Gasteiger partial charge in [-0.3, -0.25) is 4.79 Å². The summed E-state index contributed by atoms with van der Waals surface area (Å²) in [5.41, 5.74) is 11.3. The minimum atomic E-state index is 0.123. The van der Waals surface area contributed by atoms with Gasteiger partial charge >= 0.3 is 0 Å².